The van der Waals surface area contributed by atoms with Crippen molar-refractivity contribution in [1.29, 1.82) is 0 Å². The van der Waals surface area contributed by atoms with Crippen LogP contribution < -0.4 is 0 Å². The predicted molar refractivity (Wildman–Crippen MR) is 77.7 cm³/mol. The Bertz CT molecular complexity index is 597. The molecule has 0 saturated heterocycles. The van der Waals surface area contributed by atoms with Gasteiger partial charge in [0.2, 0.25) is 0 Å². The van der Waals surface area contributed by atoms with Crippen LogP contribution in [0.1, 0.15) is 21.6 Å². The van der Waals surface area contributed by atoms with Crippen LogP contribution in [0.5, 0.6) is 5.75 Å². The highest BCUT2D eigenvalue weighted by molar-refractivity contribution is 5.96. The van der Waals surface area contributed by atoms with Crippen molar-refractivity contribution in [2.75, 3.05) is 13.6 Å². The Morgan fingerprint density at radius 1 is 1.30 bits per heavy atom. The van der Waals surface area contributed by atoms with Gasteiger partial charge in [0.15, 0.2) is 0 Å². The van der Waals surface area contributed by atoms with E-state index in [9.17, 15) is 9.90 Å². The van der Waals surface area contributed by atoms with E-state index >= 15 is 0 Å². The number of amides is 1. The second-order valence-corrected chi connectivity index (χ2v) is 4.82. The molecule has 104 valence electrons. The summed E-state index contributed by atoms with van der Waals surface area (Å²) in [5.41, 5.74) is 2.20. The number of aromatic hydroxyl groups is 1. The SMILES string of the molecule is Cc1ccc(C(=O)N(C)CCc2ccccn2)c(O)c1. The molecular formula is C16H18N2O2. The van der Waals surface area contributed by atoms with Crippen molar-refractivity contribution in [3.8, 4) is 5.75 Å². The molecule has 2 aromatic rings. The van der Waals surface area contributed by atoms with Gasteiger partial charge in [-0.05, 0) is 36.8 Å². The van der Waals surface area contributed by atoms with Gasteiger partial charge in [-0.25, -0.2) is 0 Å². The van der Waals surface area contributed by atoms with Crippen molar-refractivity contribution in [2.45, 2.75) is 13.3 Å². The van der Waals surface area contributed by atoms with Crippen molar-refractivity contribution >= 4 is 5.91 Å². The van der Waals surface area contributed by atoms with E-state index in [1.54, 1.807) is 30.3 Å². The molecule has 1 amide bonds. The molecule has 4 nitrogen and oxygen atoms in total. The first-order valence-corrected chi connectivity index (χ1v) is 6.53. The average molecular weight is 270 g/mol. The third-order valence-corrected chi connectivity index (χ3v) is 3.16. The van der Waals surface area contributed by atoms with Crippen LogP contribution in [0.2, 0.25) is 0 Å². The predicted octanol–water partition coefficient (Wildman–Crippen LogP) is 2.41. The topological polar surface area (TPSA) is 53.4 Å². The van der Waals surface area contributed by atoms with E-state index in [1.165, 1.54) is 0 Å². The van der Waals surface area contributed by atoms with Gasteiger partial charge in [-0.1, -0.05) is 12.1 Å². The highest BCUT2D eigenvalue weighted by atomic mass is 16.3. The van der Waals surface area contributed by atoms with Crippen molar-refractivity contribution in [3.63, 3.8) is 0 Å². The third-order valence-electron chi connectivity index (χ3n) is 3.16. The molecule has 20 heavy (non-hydrogen) atoms. The lowest BCUT2D eigenvalue weighted by Crippen LogP contribution is -2.29. The second-order valence-electron chi connectivity index (χ2n) is 4.82. The standard InChI is InChI=1S/C16H18N2O2/c1-12-6-7-14(15(19)11-12)16(20)18(2)10-8-13-5-3-4-9-17-13/h3-7,9,11,19H,8,10H2,1-2H3. The number of pyridine rings is 1. The summed E-state index contributed by atoms with van der Waals surface area (Å²) in [5, 5.41) is 9.84. The van der Waals surface area contributed by atoms with Crippen LogP contribution >= 0.6 is 0 Å². The number of phenols is 1. The fourth-order valence-electron chi connectivity index (χ4n) is 1.96. The first-order valence-electron chi connectivity index (χ1n) is 6.53. The van der Waals surface area contributed by atoms with Crippen LogP contribution in [0.25, 0.3) is 0 Å². The molecule has 0 atom stereocenters. The smallest absolute Gasteiger partial charge is 0.257 e. The summed E-state index contributed by atoms with van der Waals surface area (Å²) in [6.45, 7) is 2.43. The Labute approximate surface area is 118 Å². The normalized spacial score (nSPS) is 10.3. The second kappa shape index (κ2) is 6.19. The fourth-order valence-corrected chi connectivity index (χ4v) is 1.96. The van der Waals surface area contributed by atoms with E-state index in [4.69, 9.17) is 0 Å². The number of aryl methyl sites for hydroxylation is 1. The molecule has 0 fully saturated rings. The van der Waals surface area contributed by atoms with Crippen molar-refractivity contribution in [3.05, 3.63) is 59.4 Å². The minimum Gasteiger partial charge on any atom is -0.507 e. The first-order chi connectivity index (χ1) is 9.58. The number of hydrogen-bond donors (Lipinski definition) is 1. The molecule has 0 bridgehead atoms. The number of likely N-dealkylation sites (N-methyl/N-ethyl adjacent to an activating group) is 1. The van der Waals surface area contributed by atoms with Crippen molar-refractivity contribution in [1.82, 2.24) is 9.88 Å². The molecule has 0 unspecified atom stereocenters. The summed E-state index contributed by atoms with van der Waals surface area (Å²) in [4.78, 5) is 18.1. The maximum absolute atomic E-state index is 12.2. The van der Waals surface area contributed by atoms with E-state index in [0.717, 1.165) is 11.3 Å². The van der Waals surface area contributed by atoms with E-state index in [1.807, 2.05) is 31.2 Å². The molecule has 2 rings (SSSR count). The van der Waals surface area contributed by atoms with Gasteiger partial charge in [-0.2, -0.15) is 0 Å². The zero-order chi connectivity index (χ0) is 14.5. The van der Waals surface area contributed by atoms with E-state index in [2.05, 4.69) is 4.98 Å². The molecular weight excluding hydrogens is 252 g/mol. The average Bonchev–Trinajstić information content (AvgIpc) is 2.45. The minimum absolute atomic E-state index is 0.0275. The first kappa shape index (κ1) is 14.1. The van der Waals surface area contributed by atoms with Crippen molar-refractivity contribution < 1.29 is 9.90 Å². The van der Waals surface area contributed by atoms with Crippen LogP contribution in [-0.2, 0) is 6.42 Å². The summed E-state index contributed by atoms with van der Waals surface area (Å²) < 4.78 is 0. The lowest BCUT2D eigenvalue weighted by molar-refractivity contribution is 0.0793. The molecule has 1 heterocycles. The van der Waals surface area contributed by atoms with Crippen LogP contribution in [0, 0.1) is 6.92 Å². The van der Waals surface area contributed by atoms with Gasteiger partial charge in [0.05, 0.1) is 5.56 Å². The Balaban J connectivity index is 2.01. The van der Waals surface area contributed by atoms with E-state index in [0.29, 0.717) is 18.5 Å². The van der Waals surface area contributed by atoms with Gasteiger partial charge in [-0.15, -0.1) is 0 Å². The number of rotatable bonds is 4. The maximum Gasteiger partial charge on any atom is 0.257 e. The molecule has 0 saturated carbocycles. The highest BCUT2D eigenvalue weighted by Crippen LogP contribution is 2.19. The van der Waals surface area contributed by atoms with Crippen LogP contribution in [0.4, 0.5) is 0 Å². The van der Waals surface area contributed by atoms with E-state index < -0.39 is 0 Å². The summed E-state index contributed by atoms with van der Waals surface area (Å²) >= 11 is 0. The van der Waals surface area contributed by atoms with Crippen LogP contribution in [0.3, 0.4) is 0 Å². The fraction of sp³-hybridized carbons (Fsp3) is 0.250. The Hall–Kier alpha value is -2.36. The van der Waals surface area contributed by atoms with Gasteiger partial charge in [0.25, 0.3) is 5.91 Å². The molecule has 1 N–H and O–H groups in total. The largest absolute Gasteiger partial charge is 0.507 e. The number of hydrogen-bond acceptors (Lipinski definition) is 3. The molecule has 1 aromatic carbocycles. The number of carbonyl (C=O) groups is 1. The van der Waals surface area contributed by atoms with E-state index in [-0.39, 0.29) is 11.7 Å². The molecule has 0 aliphatic carbocycles. The lowest BCUT2D eigenvalue weighted by atomic mass is 10.1. The summed E-state index contributed by atoms with van der Waals surface area (Å²) in [5.74, 6) is -0.155. The number of carbonyl (C=O) groups excluding carboxylic acids is 1. The number of phenolic OH excluding ortho intramolecular Hbond substituents is 1. The minimum atomic E-state index is -0.182. The quantitative estimate of drug-likeness (QED) is 0.928. The zero-order valence-corrected chi connectivity index (χ0v) is 11.7. The Morgan fingerprint density at radius 3 is 2.75 bits per heavy atom. The third kappa shape index (κ3) is 3.35. The van der Waals surface area contributed by atoms with Crippen LogP contribution in [-0.4, -0.2) is 34.5 Å². The number of nitrogens with zero attached hydrogens (tertiary/aromatic N) is 2. The monoisotopic (exact) mass is 270 g/mol. The summed E-state index contributed by atoms with van der Waals surface area (Å²) in [6.07, 6.45) is 2.43. The molecule has 4 heteroatoms. The lowest BCUT2D eigenvalue weighted by Gasteiger charge is -2.17. The van der Waals surface area contributed by atoms with Crippen molar-refractivity contribution in [2.24, 2.45) is 0 Å². The highest BCUT2D eigenvalue weighted by Gasteiger charge is 2.15. The summed E-state index contributed by atoms with van der Waals surface area (Å²) in [6, 6.07) is 10.8. The van der Waals surface area contributed by atoms with Gasteiger partial charge in [0.1, 0.15) is 5.75 Å². The van der Waals surface area contributed by atoms with Gasteiger partial charge >= 0.3 is 0 Å². The Morgan fingerprint density at radius 2 is 2.10 bits per heavy atom. The molecule has 1 aromatic heterocycles. The number of benzene rings is 1. The molecule has 0 spiro atoms. The molecule has 0 aliphatic heterocycles. The van der Waals surface area contributed by atoms with Gasteiger partial charge < -0.3 is 10.0 Å². The van der Waals surface area contributed by atoms with Gasteiger partial charge in [0, 0.05) is 31.9 Å². The summed E-state index contributed by atoms with van der Waals surface area (Å²) in [7, 11) is 1.73. The van der Waals surface area contributed by atoms with Crippen LogP contribution in [0.15, 0.2) is 42.6 Å². The zero-order valence-electron chi connectivity index (χ0n) is 11.7. The number of aromatic nitrogens is 1. The molecule has 0 radical (unpaired) electrons. The molecule has 0 aliphatic rings. The van der Waals surface area contributed by atoms with Gasteiger partial charge in [-0.3, -0.25) is 9.78 Å². The Kier molecular flexibility index (Phi) is 4.35. The maximum atomic E-state index is 12.2.